The van der Waals surface area contributed by atoms with Crippen molar-refractivity contribution in [2.45, 2.75) is 13.0 Å². The van der Waals surface area contributed by atoms with E-state index in [0.717, 1.165) is 18.7 Å². The van der Waals surface area contributed by atoms with Gasteiger partial charge < -0.3 is 14.6 Å². The predicted octanol–water partition coefficient (Wildman–Crippen LogP) is 3.45. The minimum absolute atomic E-state index is 0.0870. The summed E-state index contributed by atoms with van der Waals surface area (Å²) in [5.41, 5.74) is 3.58. The molecule has 29 heavy (non-hydrogen) atoms. The van der Waals surface area contributed by atoms with Crippen molar-refractivity contribution in [1.82, 2.24) is 15.4 Å². The van der Waals surface area contributed by atoms with Crippen LogP contribution >= 0.6 is 0 Å². The molecule has 2 heterocycles. The fourth-order valence-electron chi connectivity index (χ4n) is 3.54. The van der Waals surface area contributed by atoms with Gasteiger partial charge in [0.05, 0.1) is 19.3 Å². The Balaban J connectivity index is 1.46. The number of carbonyl (C=O) groups is 1. The van der Waals surface area contributed by atoms with E-state index in [4.69, 9.17) is 9.26 Å². The highest BCUT2D eigenvalue weighted by atomic mass is 16.5. The molecule has 0 spiro atoms. The van der Waals surface area contributed by atoms with E-state index in [0.29, 0.717) is 25.5 Å². The summed E-state index contributed by atoms with van der Waals surface area (Å²) in [5.74, 6) is 0.348. The Kier molecular flexibility index (Phi) is 6.03. The fraction of sp³-hybridized carbons (Fsp3) is 0.304. The number of morpholine rings is 1. The molecule has 6 nitrogen and oxygen atoms in total. The summed E-state index contributed by atoms with van der Waals surface area (Å²) in [6.07, 6.45) is 0. The van der Waals surface area contributed by atoms with Gasteiger partial charge in [-0.15, -0.1) is 0 Å². The van der Waals surface area contributed by atoms with Gasteiger partial charge in [0.1, 0.15) is 0 Å². The number of hydrogen-bond donors (Lipinski definition) is 1. The maximum absolute atomic E-state index is 12.7. The van der Waals surface area contributed by atoms with Gasteiger partial charge in [0.2, 0.25) is 0 Å². The van der Waals surface area contributed by atoms with Crippen molar-refractivity contribution in [2.75, 3.05) is 32.8 Å². The van der Waals surface area contributed by atoms with Crippen LogP contribution < -0.4 is 5.32 Å². The highest BCUT2D eigenvalue weighted by molar-refractivity contribution is 5.93. The van der Waals surface area contributed by atoms with Crippen molar-refractivity contribution in [1.29, 1.82) is 0 Å². The SMILES string of the molecule is Cc1ccc([C@@H](CNC(=O)c2cc(-c3ccccc3)on2)N2CCOCC2)cc1. The van der Waals surface area contributed by atoms with Crippen molar-refractivity contribution < 1.29 is 14.1 Å². The first-order valence-corrected chi connectivity index (χ1v) is 9.89. The third-order valence-electron chi connectivity index (χ3n) is 5.21. The van der Waals surface area contributed by atoms with Crippen LogP contribution in [0, 0.1) is 6.92 Å². The van der Waals surface area contributed by atoms with Crippen molar-refractivity contribution >= 4 is 5.91 Å². The first-order chi connectivity index (χ1) is 14.2. The lowest BCUT2D eigenvalue weighted by atomic mass is 10.0. The topological polar surface area (TPSA) is 67.6 Å². The molecular weight excluding hydrogens is 366 g/mol. The first-order valence-electron chi connectivity index (χ1n) is 9.89. The van der Waals surface area contributed by atoms with Crippen LogP contribution in [-0.2, 0) is 4.74 Å². The number of nitrogens with zero attached hydrogens (tertiary/aromatic N) is 2. The van der Waals surface area contributed by atoms with Gasteiger partial charge in [0.25, 0.3) is 5.91 Å². The van der Waals surface area contributed by atoms with E-state index in [2.05, 4.69) is 46.6 Å². The summed E-state index contributed by atoms with van der Waals surface area (Å²) >= 11 is 0. The van der Waals surface area contributed by atoms with Crippen LogP contribution in [0.25, 0.3) is 11.3 Å². The van der Waals surface area contributed by atoms with Gasteiger partial charge in [-0.25, -0.2) is 0 Å². The normalized spacial score (nSPS) is 15.8. The Morgan fingerprint density at radius 3 is 2.55 bits per heavy atom. The van der Waals surface area contributed by atoms with Crippen molar-refractivity contribution in [3.05, 3.63) is 77.5 Å². The number of aryl methyl sites for hydroxylation is 1. The Hall–Kier alpha value is -2.96. The Bertz CT molecular complexity index is 932. The van der Waals surface area contributed by atoms with Crippen molar-refractivity contribution in [3.8, 4) is 11.3 Å². The summed E-state index contributed by atoms with van der Waals surface area (Å²) in [7, 11) is 0. The molecule has 1 aliphatic rings. The van der Waals surface area contributed by atoms with E-state index in [1.165, 1.54) is 11.1 Å². The van der Waals surface area contributed by atoms with Crippen LogP contribution in [0.15, 0.2) is 65.2 Å². The highest BCUT2D eigenvalue weighted by Crippen LogP contribution is 2.23. The standard InChI is InChI=1S/C23H25N3O3/c1-17-7-9-18(10-8-17)21(26-11-13-28-14-12-26)16-24-23(27)20-15-22(29-25-20)19-5-3-2-4-6-19/h2-10,15,21H,11-14,16H2,1H3,(H,24,27)/t21-/m1/s1. The van der Waals surface area contributed by atoms with Crippen molar-refractivity contribution in [2.24, 2.45) is 0 Å². The first kappa shape index (κ1) is 19.4. The highest BCUT2D eigenvalue weighted by Gasteiger charge is 2.24. The number of aromatic nitrogens is 1. The molecule has 4 rings (SSSR count). The number of amides is 1. The van der Waals surface area contributed by atoms with Crippen LogP contribution in [0.1, 0.15) is 27.7 Å². The number of ether oxygens (including phenoxy) is 1. The summed E-state index contributed by atoms with van der Waals surface area (Å²) < 4.78 is 10.8. The molecule has 1 aromatic heterocycles. The molecule has 1 amide bonds. The average molecular weight is 391 g/mol. The molecule has 0 radical (unpaired) electrons. The molecule has 150 valence electrons. The number of hydrogen-bond acceptors (Lipinski definition) is 5. The molecule has 0 saturated carbocycles. The molecule has 6 heteroatoms. The Morgan fingerprint density at radius 1 is 1.10 bits per heavy atom. The molecule has 3 aromatic rings. The quantitative estimate of drug-likeness (QED) is 0.697. The number of rotatable bonds is 6. The van der Waals surface area contributed by atoms with Crippen LogP contribution in [0.2, 0.25) is 0 Å². The van der Waals surface area contributed by atoms with Gasteiger partial charge in [-0.3, -0.25) is 9.69 Å². The fourth-order valence-corrected chi connectivity index (χ4v) is 3.54. The lowest BCUT2D eigenvalue weighted by molar-refractivity contribution is 0.0162. The molecular formula is C23H25N3O3. The largest absolute Gasteiger partial charge is 0.379 e. The third-order valence-corrected chi connectivity index (χ3v) is 5.21. The van der Waals surface area contributed by atoms with E-state index in [1.54, 1.807) is 6.07 Å². The smallest absolute Gasteiger partial charge is 0.273 e. The summed E-state index contributed by atoms with van der Waals surface area (Å²) in [5, 5.41) is 6.98. The van der Waals surface area contributed by atoms with E-state index in [-0.39, 0.29) is 17.6 Å². The molecule has 1 aliphatic heterocycles. The third kappa shape index (κ3) is 4.72. The lowest BCUT2D eigenvalue weighted by Crippen LogP contribution is -2.43. The number of carbonyl (C=O) groups excluding carboxylic acids is 1. The number of nitrogens with one attached hydrogen (secondary N) is 1. The molecule has 1 fully saturated rings. The molecule has 0 aliphatic carbocycles. The van der Waals surface area contributed by atoms with E-state index in [9.17, 15) is 4.79 Å². The van der Waals surface area contributed by atoms with E-state index in [1.807, 2.05) is 30.3 Å². The molecule has 1 N–H and O–H groups in total. The maximum Gasteiger partial charge on any atom is 0.273 e. The molecule has 0 unspecified atom stereocenters. The molecule has 2 aromatic carbocycles. The lowest BCUT2D eigenvalue weighted by Gasteiger charge is -2.35. The van der Waals surface area contributed by atoms with Crippen LogP contribution in [0.5, 0.6) is 0 Å². The van der Waals surface area contributed by atoms with Crippen LogP contribution in [0.3, 0.4) is 0 Å². The van der Waals surface area contributed by atoms with Crippen LogP contribution in [-0.4, -0.2) is 48.8 Å². The predicted molar refractivity (Wildman–Crippen MR) is 111 cm³/mol. The van der Waals surface area contributed by atoms with Gasteiger partial charge in [-0.05, 0) is 12.5 Å². The molecule has 0 bridgehead atoms. The molecule has 1 saturated heterocycles. The maximum atomic E-state index is 12.7. The van der Waals surface area contributed by atoms with E-state index < -0.39 is 0 Å². The second-order valence-corrected chi connectivity index (χ2v) is 7.23. The minimum atomic E-state index is -0.235. The second kappa shape index (κ2) is 9.03. The van der Waals surface area contributed by atoms with E-state index >= 15 is 0 Å². The molecule has 1 atom stereocenters. The monoisotopic (exact) mass is 391 g/mol. The van der Waals surface area contributed by atoms with Gasteiger partial charge in [-0.2, -0.15) is 0 Å². The summed E-state index contributed by atoms with van der Waals surface area (Å²) in [6, 6.07) is 19.9. The van der Waals surface area contributed by atoms with Crippen molar-refractivity contribution in [3.63, 3.8) is 0 Å². The Labute approximate surface area is 170 Å². The Morgan fingerprint density at radius 2 is 1.83 bits per heavy atom. The summed E-state index contributed by atoms with van der Waals surface area (Å²) in [4.78, 5) is 15.0. The number of benzene rings is 2. The van der Waals surface area contributed by atoms with Gasteiger partial charge >= 0.3 is 0 Å². The van der Waals surface area contributed by atoms with Crippen LogP contribution in [0.4, 0.5) is 0 Å². The van der Waals surface area contributed by atoms with Gasteiger partial charge in [0, 0.05) is 31.3 Å². The minimum Gasteiger partial charge on any atom is -0.379 e. The van der Waals surface area contributed by atoms with Gasteiger partial charge in [0.15, 0.2) is 11.5 Å². The van der Waals surface area contributed by atoms with Gasteiger partial charge in [-0.1, -0.05) is 65.3 Å². The zero-order valence-corrected chi connectivity index (χ0v) is 16.5. The zero-order valence-electron chi connectivity index (χ0n) is 16.5. The average Bonchev–Trinajstić information content (AvgIpc) is 3.27. The second-order valence-electron chi connectivity index (χ2n) is 7.23. The summed E-state index contributed by atoms with van der Waals surface area (Å²) in [6.45, 7) is 5.67. The zero-order chi connectivity index (χ0) is 20.1.